The number of benzene rings is 8. The fourth-order valence-corrected chi connectivity index (χ4v) is 9.15. The number of hydrogen-bond donors (Lipinski definition) is 0. The highest BCUT2D eigenvalue weighted by molar-refractivity contribution is 9.10. The fourth-order valence-electron chi connectivity index (χ4n) is 7.44. The van der Waals surface area contributed by atoms with E-state index in [1.807, 2.05) is 11.3 Å². The van der Waals surface area contributed by atoms with Crippen LogP contribution in [0.1, 0.15) is 0 Å². The van der Waals surface area contributed by atoms with E-state index in [9.17, 15) is 0 Å². The molecular formula is C44H26BrNS. The second-order valence-corrected chi connectivity index (χ2v) is 14.3. The number of rotatable bonds is 3. The maximum atomic E-state index is 3.90. The summed E-state index contributed by atoms with van der Waals surface area (Å²) in [5, 5.41) is 10.3. The molecule has 0 fully saturated rings. The normalized spacial score (nSPS) is 11.9. The highest BCUT2D eigenvalue weighted by atomic mass is 79.9. The quantitative estimate of drug-likeness (QED) is 0.175. The van der Waals surface area contributed by atoms with E-state index in [0.717, 1.165) is 10.2 Å². The van der Waals surface area contributed by atoms with Gasteiger partial charge in [0.15, 0.2) is 0 Å². The molecule has 0 aliphatic rings. The van der Waals surface area contributed by atoms with Gasteiger partial charge < -0.3 is 4.57 Å². The SMILES string of the molecule is Brc1cc(-c2ccc3c4cc5ccccc5cc4n(-c4ccccc4)c3c2)cc(-c2cc3c4ccccc4sc3c3ccccc23)c1. The Kier molecular flexibility index (Phi) is 5.96. The minimum absolute atomic E-state index is 1.07. The molecule has 0 amide bonds. The van der Waals surface area contributed by atoms with E-state index in [0.29, 0.717) is 0 Å². The zero-order chi connectivity index (χ0) is 31.1. The van der Waals surface area contributed by atoms with Crippen LogP contribution in [0, 0.1) is 0 Å². The highest BCUT2D eigenvalue weighted by Crippen LogP contribution is 2.44. The molecular weight excluding hydrogens is 654 g/mol. The number of nitrogens with zero attached hydrogens (tertiary/aromatic N) is 1. The van der Waals surface area contributed by atoms with E-state index in [-0.39, 0.29) is 0 Å². The first kappa shape index (κ1) is 26.9. The monoisotopic (exact) mass is 679 g/mol. The number of halogens is 1. The Bertz CT molecular complexity index is 2860. The molecule has 47 heavy (non-hydrogen) atoms. The first-order valence-electron chi connectivity index (χ1n) is 15.9. The Balaban J connectivity index is 1.22. The lowest BCUT2D eigenvalue weighted by Crippen LogP contribution is -1.93. The van der Waals surface area contributed by atoms with Crippen molar-refractivity contribution in [2.45, 2.75) is 0 Å². The molecule has 220 valence electrons. The Morgan fingerprint density at radius 3 is 1.96 bits per heavy atom. The molecule has 0 atom stereocenters. The lowest BCUT2D eigenvalue weighted by Gasteiger charge is -2.13. The van der Waals surface area contributed by atoms with Crippen LogP contribution >= 0.6 is 27.3 Å². The average Bonchev–Trinajstić information content (AvgIpc) is 3.65. The molecule has 0 saturated carbocycles. The van der Waals surface area contributed by atoms with Gasteiger partial charge in [-0.2, -0.15) is 0 Å². The highest BCUT2D eigenvalue weighted by Gasteiger charge is 2.17. The molecule has 2 heterocycles. The first-order valence-corrected chi connectivity index (χ1v) is 17.5. The van der Waals surface area contributed by atoms with Gasteiger partial charge in [0, 0.05) is 46.5 Å². The molecule has 2 aromatic heterocycles. The zero-order valence-corrected chi connectivity index (χ0v) is 27.6. The van der Waals surface area contributed by atoms with Crippen molar-refractivity contribution < 1.29 is 0 Å². The van der Waals surface area contributed by atoms with Crippen molar-refractivity contribution in [3.05, 3.63) is 162 Å². The molecule has 0 spiro atoms. The molecule has 10 aromatic rings. The lowest BCUT2D eigenvalue weighted by atomic mass is 9.93. The number of para-hydroxylation sites is 1. The molecule has 0 aliphatic carbocycles. The predicted octanol–water partition coefficient (Wildman–Crippen LogP) is 13.6. The summed E-state index contributed by atoms with van der Waals surface area (Å²) in [5.74, 6) is 0. The number of thiophene rings is 1. The van der Waals surface area contributed by atoms with Gasteiger partial charge in [0.05, 0.1) is 11.0 Å². The Labute approximate surface area is 284 Å². The molecule has 0 N–H and O–H groups in total. The van der Waals surface area contributed by atoms with Gasteiger partial charge in [-0.1, -0.05) is 113 Å². The summed E-state index contributed by atoms with van der Waals surface area (Å²) >= 11 is 5.79. The van der Waals surface area contributed by atoms with Crippen LogP contribution in [0.3, 0.4) is 0 Å². The van der Waals surface area contributed by atoms with Gasteiger partial charge in [-0.15, -0.1) is 11.3 Å². The van der Waals surface area contributed by atoms with E-state index in [2.05, 4.69) is 178 Å². The maximum absolute atomic E-state index is 3.90. The van der Waals surface area contributed by atoms with Crippen LogP contribution in [-0.4, -0.2) is 4.57 Å². The topological polar surface area (TPSA) is 4.93 Å². The van der Waals surface area contributed by atoms with E-state index >= 15 is 0 Å². The zero-order valence-electron chi connectivity index (χ0n) is 25.2. The van der Waals surface area contributed by atoms with E-state index < -0.39 is 0 Å². The third-order valence-electron chi connectivity index (χ3n) is 9.57. The van der Waals surface area contributed by atoms with Crippen molar-refractivity contribution in [1.29, 1.82) is 0 Å². The summed E-state index contributed by atoms with van der Waals surface area (Å²) in [7, 11) is 0. The Morgan fingerprint density at radius 1 is 0.426 bits per heavy atom. The van der Waals surface area contributed by atoms with Crippen molar-refractivity contribution in [2.24, 2.45) is 0 Å². The molecule has 3 heteroatoms. The molecule has 0 unspecified atom stereocenters. The van der Waals surface area contributed by atoms with Crippen LogP contribution in [0.25, 0.3) is 91.5 Å². The van der Waals surface area contributed by atoms with Crippen molar-refractivity contribution in [1.82, 2.24) is 4.57 Å². The van der Waals surface area contributed by atoms with Gasteiger partial charge in [-0.3, -0.25) is 0 Å². The lowest BCUT2D eigenvalue weighted by molar-refractivity contribution is 1.18. The average molecular weight is 681 g/mol. The van der Waals surface area contributed by atoms with E-state index in [1.165, 1.54) is 85.8 Å². The van der Waals surface area contributed by atoms with Crippen molar-refractivity contribution >= 4 is 90.8 Å². The summed E-state index contributed by atoms with van der Waals surface area (Å²) in [6.07, 6.45) is 0. The van der Waals surface area contributed by atoms with Crippen molar-refractivity contribution in [3.63, 3.8) is 0 Å². The van der Waals surface area contributed by atoms with Gasteiger partial charge in [0.2, 0.25) is 0 Å². The molecule has 0 aliphatic heterocycles. The molecule has 0 radical (unpaired) electrons. The minimum Gasteiger partial charge on any atom is -0.309 e. The minimum atomic E-state index is 1.07. The van der Waals surface area contributed by atoms with Crippen LogP contribution in [0.4, 0.5) is 0 Å². The molecule has 0 saturated heterocycles. The second kappa shape index (κ2) is 10.4. The van der Waals surface area contributed by atoms with Crippen LogP contribution in [0.5, 0.6) is 0 Å². The van der Waals surface area contributed by atoms with Gasteiger partial charge in [-0.25, -0.2) is 0 Å². The third-order valence-corrected chi connectivity index (χ3v) is 11.3. The molecule has 8 aromatic carbocycles. The summed E-state index contributed by atoms with van der Waals surface area (Å²) in [6.45, 7) is 0. The maximum Gasteiger partial charge on any atom is 0.0547 e. The fraction of sp³-hybridized carbons (Fsp3) is 0. The van der Waals surface area contributed by atoms with Gasteiger partial charge in [0.25, 0.3) is 0 Å². The predicted molar refractivity (Wildman–Crippen MR) is 207 cm³/mol. The Hall–Kier alpha value is -5.22. The summed E-state index contributed by atoms with van der Waals surface area (Å²) in [4.78, 5) is 0. The smallest absolute Gasteiger partial charge is 0.0547 e. The van der Waals surface area contributed by atoms with Crippen molar-refractivity contribution in [3.8, 4) is 27.9 Å². The first-order chi connectivity index (χ1) is 23.2. The van der Waals surface area contributed by atoms with Crippen molar-refractivity contribution in [2.75, 3.05) is 0 Å². The second-order valence-electron chi connectivity index (χ2n) is 12.3. The summed E-state index contributed by atoms with van der Waals surface area (Å²) < 4.78 is 6.17. The van der Waals surface area contributed by atoms with Gasteiger partial charge >= 0.3 is 0 Å². The van der Waals surface area contributed by atoms with Gasteiger partial charge in [0.1, 0.15) is 0 Å². The third kappa shape index (κ3) is 4.20. The Morgan fingerprint density at radius 2 is 1.11 bits per heavy atom. The molecule has 1 nitrogen and oxygen atoms in total. The van der Waals surface area contributed by atoms with Crippen LogP contribution in [0.15, 0.2) is 162 Å². The van der Waals surface area contributed by atoms with Crippen LogP contribution in [0.2, 0.25) is 0 Å². The van der Waals surface area contributed by atoms with E-state index in [4.69, 9.17) is 0 Å². The molecule has 10 rings (SSSR count). The standard InChI is InChI=1S/C44H26BrNS/c45-32-21-30(20-31(22-32)38-26-40-36-15-8-9-17-43(36)47-44(40)37-16-7-6-14-34(37)38)29-18-19-35-39-23-27-10-4-5-11-28(27)24-42(39)46(41(35)25-29)33-12-2-1-3-13-33/h1-26H. The van der Waals surface area contributed by atoms with Crippen LogP contribution in [-0.2, 0) is 0 Å². The number of aromatic nitrogens is 1. The summed E-state index contributed by atoms with van der Waals surface area (Å²) in [5.41, 5.74) is 8.43. The van der Waals surface area contributed by atoms with E-state index in [1.54, 1.807) is 0 Å². The van der Waals surface area contributed by atoms with Crippen LogP contribution < -0.4 is 0 Å². The summed E-state index contributed by atoms with van der Waals surface area (Å²) in [6, 6.07) is 57.9. The largest absolute Gasteiger partial charge is 0.309 e. The number of fused-ring (bicyclic) bond motifs is 9. The molecule has 0 bridgehead atoms. The number of hydrogen-bond acceptors (Lipinski definition) is 1. The van der Waals surface area contributed by atoms with Gasteiger partial charge in [-0.05, 0) is 99.1 Å².